The number of aromatic nitrogens is 4. The quantitative estimate of drug-likeness (QED) is 0.865. The molecule has 22 heavy (non-hydrogen) atoms. The van der Waals surface area contributed by atoms with E-state index < -0.39 is 0 Å². The lowest BCUT2D eigenvalue weighted by molar-refractivity contribution is 0.114. The van der Waals surface area contributed by atoms with Crippen molar-refractivity contribution in [1.29, 1.82) is 0 Å². The molecule has 7 nitrogen and oxygen atoms in total. The van der Waals surface area contributed by atoms with E-state index in [1.807, 2.05) is 6.07 Å². The predicted octanol–water partition coefficient (Wildman–Crippen LogP) is 1.53. The molecule has 1 atom stereocenters. The molecular weight excluding hydrogens is 280 g/mol. The van der Waals surface area contributed by atoms with E-state index in [-0.39, 0.29) is 12.6 Å². The minimum atomic E-state index is 0.171. The predicted molar refractivity (Wildman–Crippen MR) is 82.6 cm³/mol. The highest BCUT2D eigenvalue weighted by atomic mass is 16.3. The van der Waals surface area contributed by atoms with Gasteiger partial charge < -0.3 is 5.11 Å². The highest BCUT2D eigenvalue weighted by Gasteiger charge is 2.24. The van der Waals surface area contributed by atoms with Crippen molar-refractivity contribution in [2.24, 2.45) is 0 Å². The second-order valence-electron chi connectivity index (χ2n) is 5.27. The maximum absolute atomic E-state index is 9.23. The third-order valence-electron chi connectivity index (χ3n) is 3.81. The van der Waals surface area contributed by atoms with E-state index in [0.29, 0.717) is 18.4 Å². The van der Waals surface area contributed by atoms with Gasteiger partial charge in [0.1, 0.15) is 0 Å². The molecule has 0 amide bonds. The van der Waals surface area contributed by atoms with Crippen LogP contribution in [-0.4, -0.2) is 49.6 Å². The van der Waals surface area contributed by atoms with Gasteiger partial charge in [0.25, 0.3) is 0 Å². The number of aliphatic hydroxyl groups is 1. The van der Waals surface area contributed by atoms with Gasteiger partial charge in [0.05, 0.1) is 18.3 Å². The number of nitrogens with zero attached hydrogens (tertiary/aromatic N) is 5. The van der Waals surface area contributed by atoms with E-state index in [4.69, 9.17) is 0 Å². The first-order valence-electron chi connectivity index (χ1n) is 7.59. The molecule has 3 rings (SSSR count). The fourth-order valence-electron chi connectivity index (χ4n) is 2.80. The van der Waals surface area contributed by atoms with Crippen molar-refractivity contribution >= 4 is 11.9 Å². The smallest absolute Gasteiger partial charge is 0.229 e. The maximum atomic E-state index is 9.23. The molecule has 2 aromatic rings. The summed E-state index contributed by atoms with van der Waals surface area (Å²) in [6.07, 6.45) is 8.50. The molecule has 2 aromatic heterocycles. The Hall–Kier alpha value is -2.12. The van der Waals surface area contributed by atoms with Gasteiger partial charge in [-0.15, -0.1) is 0 Å². The third kappa shape index (κ3) is 3.55. The zero-order valence-corrected chi connectivity index (χ0v) is 12.4. The van der Waals surface area contributed by atoms with E-state index in [2.05, 4.69) is 30.2 Å². The first kappa shape index (κ1) is 14.8. The Morgan fingerprint density at radius 2 is 1.95 bits per heavy atom. The van der Waals surface area contributed by atoms with Crippen LogP contribution in [0.3, 0.4) is 0 Å². The minimum Gasteiger partial charge on any atom is -0.395 e. The van der Waals surface area contributed by atoms with E-state index >= 15 is 0 Å². The molecule has 0 bridgehead atoms. The van der Waals surface area contributed by atoms with Crippen molar-refractivity contribution in [1.82, 2.24) is 24.8 Å². The van der Waals surface area contributed by atoms with Crippen molar-refractivity contribution in [2.45, 2.75) is 25.3 Å². The first-order valence-corrected chi connectivity index (χ1v) is 7.59. The van der Waals surface area contributed by atoms with Crippen LogP contribution in [0.2, 0.25) is 0 Å². The van der Waals surface area contributed by atoms with Crippen LogP contribution in [0.5, 0.6) is 0 Å². The number of hydrogen-bond donors (Lipinski definition) is 2. The lowest BCUT2D eigenvalue weighted by Gasteiger charge is -2.34. The van der Waals surface area contributed by atoms with Crippen LogP contribution in [0.4, 0.5) is 11.9 Å². The summed E-state index contributed by atoms with van der Waals surface area (Å²) in [4.78, 5) is 19.3. The van der Waals surface area contributed by atoms with Gasteiger partial charge in [0, 0.05) is 25.1 Å². The Morgan fingerprint density at radius 1 is 1.14 bits per heavy atom. The fourth-order valence-corrected chi connectivity index (χ4v) is 2.80. The van der Waals surface area contributed by atoms with E-state index in [9.17, 15) is 5.11 Å². The number of likely N-dealkylation sites (tertiary alicyclic amines) is 1. The minimum absolute atomic E-state index is 0.171. The molecule has 1 fully saturated rings. The van der Waals surface area contributed by atoms with Crippen molar-refractivity contribution in [3.63, 3.8) is 0 Å². The number of hydrogen-bond acceptors (Lipinski definition) is 7. The van der Waals surface area contributed by atoms with Crippen molar-refractivity contribution < 1.29 is 5.11 Å². The van der Waals surface area contributed by atoms with Gasteiger partial charge in [-0.25, -0.2) is 19.9 Å². The normalized spacial score (nSPS) is 19.0. The third-order valence-corrected chi connectivity index (χ3v) is 3.81. The van der Waals surface area contributed by atoms with Crippen LogP contribution in [0.15, 0.2) is 30.7 Å². The van der Waals surface area contributed by atoms with Crippen molar-refractivity contribution in [2.75, 3.05) is 25.0 Å². The summed E-state index contributed by atoms with van der Waals surface area (Å²) in [6, 6.07) is 3.94. The zero-order chi connectivity index (χ0) is 15.2. The molecule has 0 spiro atoms. The second-order valence-corrected chi connectivity index (χ2v) is 5.27. The molecule has 1 aliphatic rings. The number of rotatable bonds is 5. The van der Waals surface area contributed by atoms with Crippen molar-refractivity contribution in [3.05, 3.63) is 36.4 Å². The summed E-state index contributed by atoms with van der Waals surface area (Å²) in [6.45, 7) is 1.85. The summed E-state index contributed by atoms with van der Waals surface area (Å²) in [5, 5.41) is 12.2. The van der Waals surface area contributed by atoms with Gasteiger partial charge in [0.15, 0.2) is 0 Å². The Bertz CT molecular complexity index is 592. The summed E-state index contributed by atoms with van der Waals surface area (Å²) < 4.78 is 0. The summed E-state index contributed by atoms with van der Waals surface area (Å²) in [7, 11) is 0. The van der Waals surface area contributed by atoms with Gasteiger partial charge >= 0.3 is 0 Å². The first-order chi connectivity index (χ1) is 10.9. The average molecular weight is 300 g/mol. The van der Waals surface area contributed by atoms with Crippen LogP contribution < -0.4 is 5.32 Å². The largest absolute Gasteiger partial charge is 0.395 e. The second kappa shape index (κ2) is 7.24. The molecule has 1 aliphatic heterocycles. The van der Waals surface area contributed by atoms with Gasteiger partial charge in [-0.05, 0) is 31.5 Å². The lowest BCUT2D eigenvalue weighted by atomic mass is 9.99. The van der Waals surface area contributed by atoms with Crippen molar-refractivity contribution in [3.8, 4) is 0 Å². The number of nitrogens with one attached hydrogen (secondary N) is 1. The summed E-state index contributed by atoms with van der Waals surface area (Å²) >= 11 is 0. The molecule has 0 radical (unpaired) electrons. The molecule has 116 valence electrons. The molecule has 0 unspecified atom stereocenters. The number of β-amino-alcohol motifs (C(OH)–C–C–N with tert-alkyl or cyclic N) is 1. The fraction of sp³-hybridized carbons (Fsp3) is 0.467. The standard InChI is InChI=1S/C15H20N6O/c22-11-10-21-9-2-1-4-13(21)12-5-8-18-15(19-12)20-14-16-6-3-7-17-14/h3,5-8,13,22H,1-2,4,9-11H2,(H,16,17,18,19,20)/t13-/m0/s1. The van der Waals surface area contributed by atoms with Crippen LogP contribution in [0.1, 0.15) is 31.0 Å². The Balaban J connectivity index is 1.77. The Morgan fingerprint density at radius 3 is 2.77 bits per heavy atom. The summed E-state index contributed by atoms with van der Waals surface area (Å²) in [5.74, 6) is 0.980. The van der Waals surface area contributed by atoms with Gasteiger partial charge in [-0.3, -0.25) is 10.2 Å². The molecule has 0 saturated carbocycles. The number of piperidine rings is 1. The maximum Gasteiger partial charge on any atom is 0.229 e. The molecule has 3 heterocycles. The molecule has 2 N–H and O–H groups in total. The monoisotopic (exact) mass is 300 g/mol. The lowest BCUT2D eigenvalue weighted by Crippen LogP contribution is -2.36. The van der Waals surface area contributed by atoms with Gasteiger partial charge in [-0.2, -0.15) is 0 Å². The zero-order valence-electron chi connectivity index (χ0n) is 12.4. The van der Waals surface area contributed by atoms with Gasteiger partial charge in [-0.1, -0.05) is 6.42 Å². The van der Waals surface area contributed by atoms with E-state index in [1.54, 1.807) is 24.7 Å². The molecular formula is C15H20N6O. The van der Waals surface area contributed by atoms with Gasteiger partial charge in [0.2, 0.25) is 11.9 Å². The molecule has 7 heteroatoms. The average Bonchev–Trinajstić information content (AvgIpc) is 2.57. The highest BCUT2D eigenvalue weighted by Crippen LogP contribution is 2.29. The van der Waals surface area contributed by atoms with E-state index in [1.165, 1.54) is 12.8 Å². The van der Waals surface area contributed by atoms with E-state index in [0.717, 1.165) is 18.7 Å². The molecule has 1 saturated heterocycles. The Labute approximate surface area is 129 Å². The molecule has 0 aliphatic carbocycles. The number of aliphatic hydroxyl groups excluding tert-OH is 1. The topological polar surface area (TPSA) is 87.1 Å². The van der Waals surface area contributed by atoms with Crippen LogP contribution in [-0.2, 0) is 0 Å². The Kier molecular flexibility index (Phi) is 4.87. The van der Waals surface area contributed by atoms with Crippen LogP contribution >= 0.6 is 0 Å². The van der Waals surface area contributed by atoms with Crippen LogP contribution in [0.25, 0.3) is 0 Å². The van der Waals surface area contributed by atoms with Crippen LogP contribution in [0, 0.1) is 0 Å². The highest BCUT2D eigenvalue weighted by molar-refractivity contribution is 5.41. The summed E-state index contributed by atoms with van der Waals surface area (Å²) in [5.41, 5.74) is 0.974. The number of anilines is 2. The molecule has 0 aromatic carbocycles. The SMILES string of the molecule is OCCN1CCCC[C@H]1c1ccnc(Nc2ncccn2)n1.